The highest BCUT2D eigenvalue weighted by Crippen LogP contribution is 2.25. The van der Waals surface area contributed by atoms with Crippen LogP contribution >= 0.6 is 0 Å². The van der Waals surface area contributed by atoms with Gasteiger partial charge in [-0.2, -0.15) is 0 Å². The van der Waals surface area contributed by atoms with Gasteiger partial charge in [-0.3, -0.25) is 0 Å². The minimum absolute atomic E-state index is 0.591. The van der Waals surface area contributed by atoms with Gasteiger partial charge in [0.05, 0.1) is 0 Å². The second kappa shape index (κ2) is 5.89. The first-order chi connectivity index (χ1) is 9.84. The van der Waals surface area contributed by atoms with Crippen LogP contribution in [0.4, 0.5) is 0 Å². The maximum atomic E-state index is 10.6. The Morgan fingerprint density at radius 3 is 2.29 bits per heavy atom. The molecule has 110 valence electrons. The summed E-state index contributed by atoms with van der Waals surface area (Å²) in [5, 5.41) is 22.9. The van der Waals surface area contributed by atoms with E-state index in [2.05, 4.69) is 11.8 Å². The number of rotatable bonds is 3. The third-order valence-electron chi connectivity index (χ3n) is 3.62. The van der Waals surface area contributed by atoms with Gasteiger partial charge in [-0.1, -0.05) is 61.6 Å². The average Bonchev–Trinajstić information content (AvgIpc) is 2.45. The minimum Gasteiger partial charge on any atom is -0.378 e. The molecule has 2 heteroatoms. The molecule has 0 aliphatic rings. The molecule has 0 saturated heterocycles. The first-order valence-corrected chi connectivity index (χ1v) is 7.32. The van der Waals surface area contributed by atoms with Gasteiger partial charge in [0.2, 0.25) is 0 Å². The summed E-state index contributed by atoms with van der Waals surface area (Å²) in [5.41, 5.74) is -1.60. The third-order valence-corrected chi connectivity index (χ3v) is 3.62. The van der Waals surface area contributed by atoms with Crippen LogP contribution in [-0.4, -0.2) is 15.8 Å². The van der Waals surface area contributed by atoms with Gasteiger partial charge < -0.3 is 10.2 Å². The van der Waals surface area contributed by atoms with Gasteiger partial charge in [-0.15, -0.1) is 0 Å². The minimum atomic E-state index is -1.28. The van der Waals surface area contributed by atoms with Crippen molar-refractivity contribution >= 4 is 10.8 Å². The molecule has 0 fully saturated rings. The molecule has 2 atom stereocenters. The smallest absolute Gasteiger partial charge is 0.148 e. The molecule has 2 nitrogen and oxygen atoms in total. The van der Waals surface area contributed by atoms with E-state index in [1.54, 1.807) is 13.8 Å². The van der Waals surface area contributed by atoms with Crippen molar-refractivity contribution in [1.29, 1.82) is 0 Å². The summed E-state index contributed by atoms with van der Waals surface area (Å²) in [6, 6.07) is 13.8. The second-order valence-corrected chi connectivity index (χ2v) is 5.91. The van der Waals surface area contributed by atoms with Gasteiger partial charge in [0, 0.05) is 0 Å². The Morgan fingerprint density at radius 1 is 0.952 bits per heavy atom. The lowest BCUT2D eigenvalue weighted by atomic mass is 9.92. The highest BCUT2D eigenvalue weighted by atomic mass is 16.3. The molecule has 0 bridgehead atoms. The van der Waals surface area contributed by atoms with E-state index < -0.39 is 11.2 Å². The Morgan fingerprint density at radius 2 is 1.62 bits per heavy atom. The van der Waals surface area contributed by atoms with E-state index in [0.29, 0.717) is 6.42 Å². The third kappa shape index (κ3) is 3.85. The molecule has 2 aromatic rings. The van der Waals surface area contributed by atoms with Crippen molar-refractivity contribution < 1.29 is 10.2 Å². The molecule has 0 aliphatic carbocycles. The number of aliphatic hydroxyl groups is 2. The van der Waals surface area contributed by atoms with Crippen molar-refractivity contribution in [3.8, 4) is 11.8 Å². The maximum Gasteiger partial charge on any atom is 0.148 e. The van der Waals surface area contributed by atoms with Crippen molar-refractivity contribution in [2.45, 2.75) is 44.8 Å². The van der Waals surface area contributed by atoms with Crippen LogP contribution in [0.25, 0.3) is 10.8 Å². The van der Waals surface area contributed by atoms with Crippen LogP contribution in [0.2, 0.25) is 0 Å². The lowest BCUT2D eigenvalue weighted by Crippen LogP contribution is -2.24. The van der Waals surface area contributed by atoms with E-state index in [4.69, 9.17) is 0 Å². The van der Waals surface area contributed by atoms with E-state index in [-0.39, 0.29) is 0 Å². The van der Waals surface area contributed by atoms with Crippen molar-refractivity contribution in [2.24, 2.45) is 0 Å². The molecular formula is C19H22O2. The second-order valence-electron chi connectivity index (χ2n) is 5.91. The zero-order chi connectivity index (χ0) is 15.5. The molecule has 0 aromatic heterocycles. The summed E-state index contributed by atoms with van der Waals surface area (Å²) in [5.74, 6) is 5.62. The molecule has 0 saturated carbocycles. The first kappa shape index (κ1) is 15.6. The fourth-order valence-corrected chi connectivity index (χ4v) is 2.37. The predicted octanol–water partition coefficient (Wildman–Crippen LogP) is 3.60. The van der Waals surface area contributed by atoms with Gasteiger partial charge in [-0.05, 0) is 42.7 Å². The van der Waals surface area contributed by atoms with Crippen LogP contribution in [0.5, 0.6) is 0 Å². The Labute approximate surface area is 126 Å². The van der Waals surface area contributed by atoms with Gasteiger partial charge in [0.15, 0.2) is 0 Å². The molecular weight excluding hydrogens is 260 g/mol. The van der Waals surface area contributed by atoms with E-state index in [1.165, 1.54) is 0 Å². The van der Waals surface area contributed by atoms with E-state index in [0.717, 1.165) is 22.8 Å². The van der Waals surface area contributed by atoms with Gasteiger partial charge in [0.25, 0.3) is 0 Å². The number of hydrogen-bond acceptors (Lipinski definition) is 2. The van der Waals surface area contributed by atoms with Gasteiger partial charge >= 0.3 is 0 Å². The molecule has 2 N–H and O–H groups in total. The monoisotopic (exact) mass is 282 g/mol. The first-order valence-electron chi connectivity index (χ1n) is 7.32. The molecule has 2 unspecified atom stereocenters. The van der Waals surface area contributed by atoms with Gasteiger partial charge in [0.1, 0.15) is 11.2 Å². The lowest BCUT2D eigenvalue weighted by molar-refractivity contribution is 0.103. The van der Waals surface area contributed by atoms with E-state index in [1.807, 2.05) is 49.4 Å². The Hall–Kier alpha value is -1.82. The largest absolute Gasteiger partial charge is 0.378 e. The van der Waals surface area contributed by atoms with E-state index >= 15 is 0 Å². The highest BCUT2D eigenvalue weighted by molar-refractivity contribution is 5.83. The predicted molar refractivity (Wildman–Crippen MR) is 86.8 cm³/mol. The van der Waals surface area contributed by atoms with Crippen LogP contribution in [0.3, 0.4) is 0 Å². The van der Waals surface area contributed by atoms with E-state index in [9.17, 15) is 10.2 Å². The highest BCUT2D eigenvalue weighted by Gasteiger charge is 2.22. The molecule has 0 spiro atoms. The van der Waals surface area contributed by atoms with Crippen LogP contribution < -0.4 is 0 Å². The summed E-state index contributed by atoms with van der Waals surface area (Å²) < 4.78 is 0. The topological polar surface area (TPSA) is 40.5 Å². The molecule has 0 heterocycles. The number of hydrogen-bond donors (Lipinski definition) is 2. The fraction of sp³-hybridized carbons (Fsp3) is 0.368. The van der Waals surface area contributed by atoms with Crippen LogP contribution in [0.1, 0.15) is 39.2 Å². The Balaban J connectivity index is 2.35. The summed E-state index contributed by atoms with van der Waals surface area (Å²) in [7, 11) is 0. The van der Waals surface area contributed by atoms with Crippen LogP contribution in [0, 0.1) is 11.8 Å². The molecule has 0 amide bonds. The molecule has 2 aromatic carbocycles. The maximum absolute atomic E-state index is 10.6. The van der Waals surface area contributed by atoms with Crippen LogP contribution in [-0.2, 0) is 5.60 Å². The summed E-state index contributed by atoms with van der Waals surface area (Å²) in [6.07, 6.45) is 1.44. The van der Waals surface area contributed by atoms with Crippen molar-refractivity contribution in [1.82, 2.24) is 0 Å². The Kier molecular flexibility index (Phi) is 4.37. The Bertz CT molecular complexity index is 687. The number of fused-ring (bicyclic) bond motifs is 1. The normalized spacial score (nSPS) is 16.6. The lowest BCUT2D eigenvalue weighted by Gasteiger charge is -2.20. The van der Waals surface area contributed by atoms with Crippen molar-refractivity contribution in [3.05, 3.63) is 48.0 Å². The fourth-order valence-electron chi connectivity index (χ4n) is 2.37. The molecule has 0 aliphatic heterocycles. The summed E-state index contributed by atoms with van der Waals surface area (Å²) in [4.78, 5) is 0. The van der Waals surface area contributed by atoms with Crippen LogP contribution in [0.15, 0.2) is 42.5 Å². The molecule has 2 rings (SSSR count). The summed E-state index contributed by atoms with van der Waals surface area (Å²) in [6.45, 7) is 5.34. The van der Waals surface area contributed by atoms with Gasteiger partial charge in [-0.25, -0.2) is 0 Å². The number of benzene rings is 2. The SMILES string of the molecule is CCCC(C)(O)C#CC(C)(O)c1ccc2ccccc2c1. The quantitative estimate of drug-likeness (QED) is 0.844. The van der Waals surface area contributed by atoms with Crippen molar-refractivity contribution in [3.63, 3.8) is 0 Å². The zero-order valence-corrected chi connectivity index (χ0v) is 12.9. The summed E-state index contributed by atoms with van der Waals surface area (Å²) >= 11 is 0. The standard InChI is InChI=1S/C19H22O2/c1-4-11-18(2,20)12-13-19(3,21)17-10-9-15-7-5-6-8-16(15)14-17/h5-10,14,20-21H,4,11H2,1-3H3. The molecule has 0 radical (unpaired) electrons. The average molecular weight is 282 g/mol. The zero-order valence-electron chi connectivity index (χ0n) is 12.9. The van der Waals surface area contributed by atoms with Crippen molar-refractivity contribution in [2.75, 3.05) is 0 Å². The molecule has 21 heavy (non-hydrogen) atoms.